The normalized spacial score (nSPS) is 11.4. The number of benzene rings is 2. The highest BCUT2D eigenvalue weighted by Crippen LogP contribution is 2.31. The molecule has 0 unspecified atom stereocenters. The zero-order valence-corrected chi connectivity index (χ0v) is 12.1. The monoisotopic (exact) mass is 286 g/mol. The second-order valence-corrected chi connectivity index (χ2v) is 5.14. The van der Waals surface area contributed by atoms with Gasteiger partial charge in [0.15, 0.2) is 0 Å². The van der Waals surface area contributed by atoms with Crippen LogP contribution in [0.1, 0.15) is 18.1 Å². The topological polar surface area (TPSA) is 37.3 Å². The second-order valence-electron chi connectivity index (χ2n) is 4.73. The molecule has 3 heteroatoms. The van der Waals surface area contributed by atoms with Gasteiger partial charge >= 0.3 is 5.97 Å². The molecule has 0 heterocycles. The molecule has 2 nitrogen and oxygen atoms in total. The third-order valence-electron chi connectivity index (χ3n) is 3.09. The molecule has 2 aromatic carbocycles. The molecule has 2 aromatic rings. The SMILES string of the molecule is C/C(=C\C(=O)O)c1ccc(Cl)c(-c2cccc(C)c2)c1. The number of halogens is 1. The lowest BCUT2D eigenvalue weighted by molar-refractivity contribution is -0.131. The summed E-state index contributed by atoms with van der Waals surface area (Å²) in [5, 5.41) is 9.48. The van der Waals surface area contributed by atoms with Crippen LogP contribution in [0.3, 0.4) is 0 Å². The minimum Gasteiger partial charge on any atom is -0.478 e. The molecule has 0 saturated carbocycles. The zero-order valence-electron chi connectivity index (χ0n) is 11.4. The van der Waals surface area contributed by atoms with E-state index in [1.807, 2.05) is 37.3 Å². The van der Waals surface area contributed by atoms with E-state index in [-0.39, 0.29) is 0 Å². The van der Waals surface area contributed by atoms with Crippen molar-refractivity contribution in [2.45, 2.75) is 13.8 Å². The Morgan fingerprint density at radius 1 is 1.20 bits per heavy atom. The van der Waals surface area contributed by atoms with Gasteiger partial charge in [-0.1, -0.05) is 47.5 Å². The molecule has 0 atom stereocenters. The molecule has 0 spiro atoms. The summed E-state index contributed by atoms with van der Waals surface area (Å²) in [6.07, 6.45) is 1.20. The molecule has 0 aromatic heterocycles. The standard InChI is InChI=1S/C17H15ClO2/c1-11-4-3-5-14(8-11)15-10-13(6-7-16(15)18)12(2)9-17(19)20/h3-10H,1-2H3,(H,19,20)/b12-9+. The van der Waals surface area contributed by atoms with Crippen LogP contribution in [0.15, 0.2) is 48.5 Å². The highest BCUT2D eigenvalue weighted by Gasteiger charge is 2.07. The lowest BCUT2D eigenvalue weighted by Crippen LogP contribution is -1.91. The summed E-state index contributed by atoms with van der Waals surface area (Å²) in [7, 11) is 0. The molecule has 0 radical (unpaired) electrons. The molecule has 20 heavy (non-hydrogen) atoms. The fraction of sp³-hybridized carbons (Fsp3) is 0.118. The first-order chi connectivity index (χ1) is 9.47. The Morgan fingerprint density at radius 3 is 2.60 bits per heavy atom. The Morgan fingerprint density at radius 2 is 1.95 bits per heavy atom. The number of carbonyl (C=O) groups is 1. The third-order valence-corrected chi connectivity index (χ3v) is 3.42. The number of rotatable bonds is 3. The summed E-state index contributed by atoms with van der Waals surface area (Å²) in [6, 6.07) is 13.6. The van der Waals surface area contributed by atoms with E-state index in [0.29, 0.717) is 10.6 Å². The molecule has 0 aliphatic carbocycles. The first-order valence-corrected chi connectivity index (χ1v) is 6.63. The third kappa shape index (κ3) is 3.28. The highest BCUT2D eigenvalue weighted by molar-refractivity contribution is 6.33. The largest absolute Gasteiger partial charge is 0.478 e. The fourth-order valence-corrected chi connectivity index (χ4v) is 2.30. The molecule has 0 bridgehead atoms. The van der Waals surface area contributed by atoms with Crippen LogP contribution >= 0.6 is 11.6 Å². The summed E-state index contributed by atoms with van der Waals surface area (Å²) in [5.74, 6) is -0.949. The van der Waals surface area contributed by atoms with E-state index in [2.05, 4.69) is 6.07 Å². The molecule has 0 amide bonds. The predicted molar refractivity (Wildman–Crippen MR) is 82.9 cm³/mol. The molecule has 0 fully saturated rings. The Bertz CT molecular complexity index is 687. The van der Waals surface area contributed by atoms with Crippen molar-refractivity contribution >= 4 is 23.1 Å². The van der Waals surface area contributed by atoms with E-state index in [0.717, 1.165) is 22.3 Å². The van der Waals surface area contributed by atoms with Crippen LogP contribution in [0.25, 0.3) is 16.7 Å². The van der Waals surface area contributed by atoms with Gasteiger partial charge in [-0.15, -0.1) is 0 Å². The second kappa shape index (κ2) is 5.93. The van der Waals surface area contributed by atoms with Gasteiger partial charge in [0.25, 0.3) is 0 Å². The number of carboxylic acid groups (broad SMARTS) is 1. The molecule has 0 aliphatic heterocycles. The Kier molecular flexibility index (Phi) is 4.26. The molecule has 102 valence electrons. The Hall–Kier alpha value is -2.06. The summed E-state index contributed by atoms with van der Waals surface area (Å²) in [6.45, 7) is 3.80. The predicted octanol–water partition coefficient (Wildman–Crippen LogP) is 4.80. The van der Waals surface area contributed by atoms with Crippen LogP contribution in [0.4, 0.5) is 0 Å². The number of aryl methyl sites for hydroxylation is 1. The van der Waals surface area contributed by atoms with Crippen molar-refractivity contribution in [1.29, 1.82) is 0 Å². The summed E-state index contributed by atoms with van der Waals surface area (Å²) in [4.78, 5) is 10.7. The maximum absolute atomic E-state index is 10.7. The van der Waals surface area contributed by atoms with Crippen molar-refractivity contribution in [2.24, 2.45) is 0 Å². The average molecular weight is 287 g/mol. The number of allylic oxidation sites excluding steroid dienone is 1. The molecule has 0 saturated heterocycles. The van der Waals surface area contributed by atoms with Crippen LogP contribution in [0.5, 0.6) is 0 Å². The van der Waals surface area contributed by atoms with Crippen LogP contribution in [0, 0.1) is 6.92 Å². The maximum atomic E-state index is 10.7. The first-order valence-electron chi connectivity index (χ1n) is 6.25. The molecule has 0 aliphatic rings. The van der Waals surface area contributed by atoms with Crippen molar-refractivity contribution in [3.05, 3.63) is 64.7 Å². The minimum absolute atomic E-state index is 0.655. The lowest BCUT2D eigenvalue weighted by atomic mass is 9.98. The highest BCUT2D eigenvalue weighted by atomic mass is 35.5. The van der Waals surface area contributed by atoms with Gasteiger partial charge in [-0.05, 0) is 42.7 Å². The summed E-state index contributed by atoms with van der Waals surface area (Å²) < 4.78 is 0. The Balaban J connectivity index is 2.52. The van der Waals surface area contributed by atoms with Gasteiger partial charge < -0.3 is 5.11 Å². The van der Waals surface area contributed by atoms with Crippen molar-refractivity contribution < 1.29 is 9.90 Å². The average Bonchev–Trinajstić information content (AvgIpc) is 2.38. The first kappa shape index (κ1) is 14.4. The maximum Gasteiger partial charge on any atom is 0.328 e. The molecular formula is C17H15ClO2. The molecule has 2 rings (SSSR count). The van der Waals surface area contributed by atoms with Crippen LogP contribution in [-0.2, 0) is 4.79 Å². The van der Waals surface area contributed by atoms with Gasteiger partial charge in [-0.25, -0.2) is 4.79 Å². The van der Waals surface area contributed by atoms with Crippen molar-refractivity contribution in [3.8, 4) is 11.1 Å². The van der Waals surface area contributed by atoms with Gasteiger partial charge in [0.2, 0.25) is 0 Å². The number of carboxylic acids is 1. The van der Waals surface area contributed by atoms with E-state index < -0.39 is 5.97 Å². The number of hydrogen-bond donors (Lipinski definition) is 1. The summed E-state index contributed by atoms with van der Waals surface area (Å²) in [5.41, 5.74) is 4.64. The van der Waals surface area contributed by atoms with Crippen LogP contribution in [0.2, 0.25) is 5.02 Å². The van der Waals surface area contributed by atoms with Gasteiger partial charge in [0, 0.05) is 16.7 Å². The van der Waals surface area contributed by atoms with E-state index in [1.54, 1.807) is 13.0 Å². The molecule has 1 N–H and O–H groups in total. The summed E-state index contributed by atoms with van der Waals surface area (Å²) >= 11 is 6.26. The van der Waals surface area contributed by atoms with Gasteiger partial charge in [0.05, 0.1) is 0 Å². The van der Waals surface area contributed by atoms with E-state index >= 15 is 0 Å². The van der Waals surface area contributed by atoms with E-state index in [1.165, 1.54) is 6.08 Å². The van der Waals surface area contributed by atoms with Gasteiger partial charge in [-0.2, -0.15) is 0 Å². The lowest BCUT2D eigenvalue weighted by Gasteiger charge is -2.09. The van der Waals surface area contributed by atoms with Crippen molar-refractivity contribution in [1.82, 2.24) is 0 Å². The Labute approximate surface area is 123 Å². The zero-order chi connectivity index (χ0) is 14.7. The smallest absolute Gasteiger partial charge is 0.328 e. The fourth-order valence-electron chi connectivity index (χ4n) is 2.07. The van der Waals surface area contributed by atoms with E-state index in [9.17, 15) is 4.79 Å². The van der Waals surface area contributed by atoms with Crippen LogP contribution < -0.4 is 0 Å². The number of aliphatic carboxylic acids is 1. The van der Waals surface area contributed by atoms with Crippen molar-refractivity contribution in [2.75, 3.05) is 0 Å². The van der Waals surface area contributed by atoms with Crippen LogP contribution in [-0.4, -0.2) is 11.1 Å². The van der Waals surface area contributed by atoms with Gasteiger partial charge in [0.1, 0.15) is 0 Å². The van der Waals surface area contributed by atoms with Gasteiger partial charge in [-0.3, -0.25) is 0 Å². The quantitative estimate of drug-likeness (QED) is 0.823. The van der Waals surface area contributed by atoms with Crippen molar-refractivity contribution in [3.63, 3.8) is 0 Å². The molecular weight excluding hydrogens is 272 g/mol. The number of hydrogen-bond acceptors (Lipinski definition) is 1. The van der Waals surface area contributed by atoms with E-state index in [4.69, 9.17) is 16.7 Å². The minimum atomic E-state index is -0.949.